The zero-order valence-corrected chi connectivity index (χ0v) is 22.7. The molecule has 4 aromatic carbocycles. The van der Waals surface area contributed by atoms with E-state index >= 15 is 0 Å². The van der Waals surface area contributed by atoms with E-state index in [1.54, 1.807) is 43.3 Å². The molecule has 1 aliphatic rings. The summed E-state index contributed by atoms with van der Waals surface area (Å²) < 4.78 is 47.9. The molecule has 0 radical (unpaired) electrons. The van der Waals surface area contributed by atoms with Gasteiger partial charge in [-0.3, -0.25) is 14.5 Å². The lowest BCUT2D eigenvalue weighted by atomic mass is 9.94. The van der Waals surface area contributed by atoms with Gasteiger partial charge in [-0.15, -0.1) is 13.2 Å². The zero-order chi connectivity index (χ0) is 30.0. The maximum atomic E-state index is 13.4. The normalized spacial score (nSPS) is 16.5. The van der Waals surface area contributed by atoms with E-state index in [0.29, 0.717) is 29.0 Å². The number of nitrogens with zero attached hydrogens (tertiary/aromatic N) is 1. The smallest absolute Gasteiger partial charge is 0.507 e. The highest BCUT2D eigenvalue weighted by atomic mass is 19.4. The molecule has 1 fully saturated rings. The van der Waals surface area contributed by atoms with Gasteiger partial charge >= 0.3 is 6.36 Å². The Morgan fingerprint density at radius 3 is 2.24 bits per heavy atom. The molecule has 1 heterocycles. The van der Waals surface area contributed by atoms with Crippen LogP contribution in [0.5, 0.6) is 11.5 Å². The number of carbonyl (C=O) groups excluding carboxylic acids is 2. The van der Waals surface area contributed by atoms with E-state index in [2.05, 4.69) is 4.74 Å². The van der Waals surface area contributed by atoms with Crippen molar-refractivity contribution in [3.8, 4) is 11.5 Å². The van der Waals surface area contributed by atoms with Crippen molar-refractivity contribution in [2.75, 3.05) is 4.90 Å². The summed E-state index contributed by atoms with van der Waals surface area (Å²) in [6, 6.07) is 25.3. The Morgan fingerprint density at radius 2 is 1.60 bits per heavy atom. The number of carbonyl (C=O) groups is 2. The first-order valence-electron chi connectivity index (χ1n) is 13.0. The van der Waals surface area contributed by atoms with Gasteiger partial charge in [-0.2, -0.15) is 0 Å². The Hall–Kier alpha value is -5.05. The Balaban J connectivity index is 1.53. The standard InChI is InChI=1S/C33H26F3NO5/c1-20-7-6-10-23(17-20)29-28(31(39)32(40)37(29)25-12-14-26(15-13-25)42-33(34,35)36)30(38)24-11-16-27(21(2)18-24)41-19-22-8-4-3-5-9-22/h3-18,29,38H,19H2,1-2H3/b30-28-. The van der Waals surface area contributed by atoms with Crippen molar-refractivity contribution in [3.05, 3.63) is 130 Å². The van der Waals surface area contributed by atoms with E-state index in [4.69, 9.17) is 4.74 Å². The van der Waals surface area contributed by atoms with Crippen LogP contribution in [0.25, 0.3) is 5.76 Å². The van der Waals surface area contributed by atoms with Crippen LogP contribution >= 0.6 is 0 Å². The van der Waals surface area contributed by atoms with Crippen LogP contribution in [0.1, 0.15) is 33.9 Å². The van der Waals surface area contributed by atoms with E-state index in [1.807, 2.05) is 43.3 Å². The number of amides is 1. The number of aryl methyl sites for hydroxylation is 2. The Kier molecular flexibility index (Phi) is 7.76. The van der Waals surface area contributed by atoms with Crippen molar-refractivity contribution in [1.82, 2.24) is 0 Å². The van der Waals surface area contributed by atoms with E-state index in [9.17, 15) is 27.9 Å². The van der Waals surface area contributed by atoms with Gasteiger partial charge in [0, 0.05) is 11.3 Å². The Labute approximate surface area is 240 Å². The molecule has 0 saturated carbocycles. The molecule has 0 bridgehead atoms. The predicted octanol–water partition coefficient (Wildman–Crippen LogP) is 7.41. The SMILES string of the molecule is Cc1cccc(C2/C(=C(/O)c3ccc(OCc4ccccc4)c(C)c3)C(=O)C(=O)N2c2ccc(OC(F)(F)F)cc2)c1. The van der Waals surface area contributed by atoms with E-state index < -0.39 is 29.8 Å². The summed E-state index contributed by atoms with van der Waals surface area (Å²) in [5.41, 5.74) is 3.42. The monoisotopic (exact) mass is 573 g/mol. The fraction of sp³-hybridized carbons (Fsp3) is 0.152. The van der Waals surface area contributed by atoms with Gasteiger partial charge in [-0.25, -0.2) is 0 Å². The average Bonchev–Trinajstić information content (AvgIpc) is 3.22. The molecule has 0 aromatic heterocycles. The minimum atomic E-state index is -4.88. The van der Waals surface area contributed by atoms with E-state index in [0.717, 1.165) is 23.3 Å². The third-order valence-corrected chi connectivity index (χ3v) is 6.84. The van der Waals surface area contributed by atoms with Gasteiger partial charge in [-0.05, 0) is 73.0 Å². The molecule has 0 aliphatic carbocycles. The highest BCUT2D eigenvalue weighted by Gasteiger charge is 2.47. The highest BCUT2D eigenvalue weighted by molar-refractivity contribution is 6.51. The molecular weight excluding hydrogens is 547 g/mol. The Bertz CT molecular complexity index is 1660. The van der Waals surface area contributed by atoms with Gasteiger partial charge in [0.05, 0.1) is 11.6 Å². The molecule has 6 nitrogen and oxygen atoms in total. The molecule has 4 aromatic rings. The van der Waals surface area contributed by atoms with Gasteiger partial charge in [0.1, 0.15) is 23.9 Å². The summed E-state index contributed by atoms with van der Waals surface area (Å²) in [7, 11) is 0. The highest BCUT2D eigenvalue weighted by Crippen LogP contribution is 2.43. The number of hydrogen-bond donors (Lipinski definition) is 1. The van der Waals surface area contributed by atoms with Crippen molar-refractivity contribution >= 4 is 23.1 Å². The van der Waals surface area contributed by atoms with Crippen molar-refractivity contribution in [2.24, 2.45) is 0 Å². The number of halogens is 3. The minimum absolute atomic E-state index is 0.140. The predicted molar refractivity (Wildman–Crippen MR) is 151 cm³/mol. The number of alkyl halides is 3. The molecular formula is C33H26F3NO5. The first-order chi connectivity index (χ1) is 20.0. The van der Waals surface area contributed by atoms with Gasteiger partial charge in [-0.1, -0.05) is 60.2 Å². The molecule has 1 saturated heterocycles. The van der Waals surface area contributed by atoms with Crippen molar-refractivity contribution in [3.63, 3.8) is 0 Å². The maximum Gasteiger partial charge on any atom is 0.573 e. The number of benzene rings is 4. The molecule has 5 rings (SSSR count). The average molecular weight is 574 g/mol. The molecule has 9 heteroatoms. The molecule has 1 amide bonds. The van der Waals surface area contributed by atoms with Crippen molar-refractivity contribution < 1.29 is 37.3 Å². The lowest BCUT2D eigenvalue weighted by molar-refractivity contribution is -0.274. The molecule has 214 valence electrons. The summed E-state index contributed by atoms with van der Waals surface area (Å²) in [5, 5.41) is 11.5. The van der Waals surface area contributed by atoms with Gasteiger partial charge in [0.25, 0.3) is 11.7 Å². The summed E-state index contributed by atoms with van der Waals surface area (Å²) in [6.07, 6.45) is -4.88. The van der Waals surface area contributed by atoms with Crippen LogP contribution in [0.2, 0.25) is 0 Å². The molecule has 1 N–H and O–H groups in total. The van der Waals surface area contributed by atoms with E-state index in [1.165, 1.54) is 17.0 Å². The summed E-state index contributed by atoms with van der Waals surface area (Å²) >= 11 is 0. The largest absolute Gasteiger partial charge is 0.573 e. The Morgan fingerprint density at radius 1 is 0.881 bits per heavy atom. The lowest BCUT2D eigenvalue weighted by Crippen LogP contribution is -2.29. The maximum absolute atomic E-state index is 13.4. The summed E-state index contributed by atoms with van der Waals surface area (Å²) in [5.74, 6) is -2.10. The number of rotatable bonds is 7. The fourth-order valence-corrected chi connectivity index (χ4v) is 4.91. The second-order valence-corrected chi connectivity index (χ2v) is 9.88. The molecule has 1 aliphatic heterocycles. The topological polar surface area (TPSA) is 76.1 Å². The minimum Gasteiger partial charge on any atom is -0.507 e. The first kappa shape index (κ1) is 28.5. The molecule has 42 heavy (non-hydrogen) atoms. The zero-order valence-electron chi connectivity index (χ0n) is 22.7. The van der Waals surface area contributed by atoms with Crippen LogP contribution < -0.4 is 14.4 Å². The lowest BCUT2D eigenvalue weighted by Gasteiger charge is -2.26. The number of anilines is 1. The number of ether oxygens (including phenoxy) is 2. The van der Waals surface area contributed by atoms with E-state index in [-0.39, 0.29) is 17.0 Å². The van der Waals surface area contributed by atoms with Crippen LogP contribution in [0, 0.1) is 13.8 Å². The van der Waals surface area contributed by atoms with Crippen molar-refractivity contribution in [1.29, 1.82) is 0 Å². The number of Topliss-reactive ketones (excluding diaryl/α,β-unsaturated/α-hetero) is 1. The quantitative estimate of drug-likeness (QED) is 0.142. The van der Waals surface area contributed by atoms with Crippen LogP contribution in [-0.4, -0.2) is 23.2 Å². The van der Waals surface area contributed by atoms with Crippen molar-refractivity contribution in [2.45, 2.75) is 32.9 Å². The number of aliphatic hydroxyl groups excluding tert-OH is 1. The summed E-state index contributed by atoms with van der Waals surface area (Å²) in [6.45, 7) is 3.99. The second-order valence-electron chi connectivity index (χ2n) is 9.88. The molecule has 1 atom stereocenters. The van der Waals surface area contributed by atoms with Crippen LogP contribution in [-0.2, 0) is 16.2 Å². The van der Waals surface area contributed by atoms with Crippen LogP contribution in [0.4, 0.5) is 18.9 Å². The third kappa shape index (κ3) is 6.00. The van der Waals surface area contributed by atoms with Gasteiger partial charge in [0.15, 0.2) is 0 Å². The third-order valence-electron chi connectivity index (χ3n) is 6.84. The van der Waals surface area contributed by atoms with Gasteiger partial charge in [0.2, 0.25) is 0 Å². The van der Waals surface area contributed by atoms with Crippen LogP contribution in [0.15, 0.2) is 103 Å². The molecule has 0 spiro atoms. The number of ketones is 1. The second kappa shape index (κ2) is 11.4. The molecule has 1 unspecified atom stereocenters. The fourth-order valence-electron chi connectivity index (χ4n) is 4.91. The first-order valence-corrected chi connectivity index (χ1v) is 13.0. The van der Waals surface area contributed by atoms with Crippen LogP contribution in [0.3, 0.4) is 0 Å². The van der Waals surface area contributed by atoms with Gasteiger partial charge < -0.3 is 14.6 Å². The summed E-state index contributed by atoms with van der Waals surface area (Å²) in [4.78, 5) is 28.0. The number of aliphatic hydroxyl groups is 1. The number of hydrogen-bond acceptors (Lipinski definition) is 5.